The highest BCUT2D eigenvalue weighted by atomic mass is 35.5. The fourth-order valence-electron chi connectivity index (χ4n) is 2.77. The zero-order valence-corrected chi connectivity index (χ0v) is 14.0. The van der Waals surface area contributed by atoms with E-state index in [9.17, 15) is 4.79 Å². The van der Waals surface area contributed by atoms with Crippen LogP contribution in [0.15, 0.2) is 18.5 Å². The average Bonchev–Trinajstić information content (AvgIpc) is 2.50. The van der Waals surface area contributed by atoms with Gasteiger partial charge in [-0.2, -0.15) is 0 Å². The summed E-state index contributed by atoms with van der Waals surface area (Å²) in [6, 6.07) is 1.87. The highest BCUT2D eigenvalue weighted by Crippen LogP contribution is 2.21. The fourth-order valence-corrected chi connectivity index (χ4v) is 2.94. The zero-order chi connectivity index (χ0) is 15.9. The molecule has 22 heavy (non-hydrogen) atoms. The van der Waals surface area contributed by atoms with Crippen LogP contribution >= 0.6 is 11.6 Å². The van der Waals surface area contributed by atoms with Crippen LogP contribution in [0.5, 0.6) is 0 Å². The molecule has 1 aromatic heterocycles. The number of carbonyl (C=O) groups is 1. The topological polar surface area (TPSA) is 54.5 Å². The molecule has 2 heterocycles. The number of aromatic nitrogens is 1. The number of rotatable bonds is 6. The average molecular weight is 326 g/mol. The number of nitrogens with one attached hydrogen (secondary N) is 1. The molecule has 5 nitrogen and oxygen atoms in total. The Morgan fingerprint density at radius 2 is 2.27 bits per heavy atom. The minimum atomic E-state index is 0.0599. The van der Waals surface area contributed by atoms with Gasteiger partial charge in [0, 0.05) is 48.6 Å². The number of ether oxygens (including phenoxy) is 1. The summed E-state index contributed by atoms with van der Waals surface area (Å²) in [7, 11) is 1.64. The van der Waals surface area contributed by atoms with E-state index in [4.69, 9.17) is 16.3 Å². The lowest BCUT2D eigenvalue weighted by Gasteiger charge is -2.31. The van der Waals surface area contributed by atoms with Gasteiger partial charge in [0.25, 0.3) is 0 Å². The second-order valence-electron chi connectivity index (χ2n) is 5.88. The van der Waals surface area contributed by atoms with Crippen LogP contribution in [0.3, 0.4) is 0 Å². The normalized spacial score (nSPS) is 18.1. The molecule has 1 aliphatic rings. The summed E-state index contributed by atoms with van der Waals surface area (Å²) < 4.78 is 5.05. The van der Waals surface area contributed by atoms with E-state index in [1.54, 1.807) is 13.3 Å². The molecule has 0 spiro atoms. The summed E-state index contributed by atoms with van der Waals surface area (Å²) in [6.45, 7) is 5.11. The highest BCUT2D eigenvalue weighted by molar-refractivity contribution is 6.31. The Bertz CT molecular complexity index is 490. The van der Waals surface area contributed by atoms with E-state index < -0.39 is 0 Å². The van der Waals surface area contributed by atoms with Crippen LogP contribution in [-0.2, 0) is 16.1 Å². The fraction of sp³-hybridized carbons (Fsp3) is 0.625. The lowest BCUT2D eigenvalue weighted by molar-refractivity contribution is -0.127. The van der Waals surface area contributed by atoms with Crippen molar-refractivity contribution in [2.24, 2.45) is 5.92 Å². The number of halogens is 1. The number of piperidine rings is 1. The second-order valence-corrected chi connectivity index (χ2v) is 6.29. The molecular weight excluding hydrogens is 302 g/mol. The van der Waals surface area contributed by atoms with E-state index >= 15 is 0 Å². The van der Waals surface area contributed by atoms with E-state index in [0.717, 1.165) is 43.1 Å². The molecule has 1 saturated heterocycles. The number of pyridine rings is 1. The predicted octanol–water partition coefficient (Wildman–Crippen LogP) is 2.10. The van der Waals surface area contributed by atoms with Crippen LogP contribution in [0.1, 0.15) is 25.3 Å². The number of methoxy groups -OCH3 is 1. The van der Waals surface area contributed by atoms with Gasteiger partial charge in [0.2, 0.25) is 5.91 Å². The number of amides is 1. The maximum absolute atomic E-state index is 12.2. The summed E-state index contributed by atoms with van der Waals surface area (Å²) in [5.74, 6) is 0.239. The van der Waals surface area contributed by atoms with Crippen molar-refractivity contribution in [3.05, 3.63) is 29.0 Å². The first kappa shape index (κ1) is 17.2. The first-order chi connectivity index (χ1) is 10.6. The van der Waals surface area contributed by atoms with Crippen LogP contribution in [0.2, 0.25) is 5.02 Å². The third-order valence-corrected chi connectivity index (χ3v) is 4.37. The molecule has 6 heteroatoms. The summed E-state index contributed by atoms with van der Waals surface area (Å²) in [6.07, 6.45) is 5.27. The van der Waals surface area contributed by atoms with Gasteiger partial charge in [0.05, 0.1) is 6.61 Å². The summed E-state index contributed by atoms with van der Waals surface area (Å²) in [5, 5.41) is 3.76. The molecule has 0 unspecified atom stereocenters. The van der Waals surface area contributed by atoms with Crippen molar-refractivity contribution in [2.75, 3.05) is 26.8 Å². The Kier molecular flexibility index (Phi) is 6.61. The quantitative estimate of drug-likeness (QED) is 0.870. The van der Waals surface area contributed by atoms with Crippen LogP contribution < -0.4 is 5.32 Å². The number of hydrogen-bond acceptors (Lipinski definition) is 4. The smallest absolute Gasteiger partial charge is 0.223 e. The van der Waals surface area contributed by atoms with Crippen LogP contribution in [0.25, 0.3) is 0 Å². The predicted molar refractivity (Wildman–Crippen MR) is 86.7 cm³/mol. The Morgan fingerprint density at radius 1 is 1.55 bits per heavy atom. The zero-order valence-electron chi connectivity index (χ0n) is 13.2. The second kappa shape index (κ2) is 8.46. The Labute approximate surface area is 137 Å². The summed E-state index contributed by atoms with van der Waals surface area (Å²) >= 11 is 6.17. The van der Waals surface area contributed by atoms with E-state index in [2.05, 4.69) is 15.2 Å². The number of likely N-dealkylation sites (tertiary alicyclic amines) is 1. The van der Waals surface area contributed by atoms with Crippen LogP contribution in [-0.4, -0.2) is 48.6 Å². The first-order valence-electron chi connectivity index (χ1n) is 7.70. The van der Waals surface area contributed by atoms with Gasteiger partial charge in [-0.05, 0) is 38.9 Å². The van der Waals surface area contributed by atoms with Crippen LogP contribution in [0, 0.1) is 5.92 Å². The van der Waals surface area contributed by atoms with Crippen molar-refractivity contribution in [3.8, 4) is 0 Å². The van der Waals surface area contributed by atoms with Gasteiger partial charge in [0.15, 0.2) is 0 Å². The van der Waals surface area contributed by atoms with Gasteiger partial charge in [-0.15, -0.1) is 0 Å². The molecule has 1 N–H and O–H groups in total. The van der Waals surface area contributed by atoms with Crippen molar-refractivity contribution >= 4 is 17.5 Å². The Balaban J connectivity index is 1.78. The lowest BCUT2D eigenvalue weighted by Crippen LogP contribution is -2.44. The lowest BCUT2D eigenvalue weighted by atomic mass is 9.95. The Hall–Kier alpha value is -1.17. The standard InChI is InChI=1S/C16H24ClN3O2/c1-12(11-22-2)19-16(21)13-4-7-20(8-5-13)10-14-9-18-6-3-15(14)17/h3,6,9,12-13H,4-5,7-8,10-11H2,1-2H3,(H,19,21)/t12-/m1/s1. The van der Waals surface area contributed by atoms with Gasteiger partial charge in [0.1, 0.15) is 0 Å². The molecule has 1 aliphatic heterocycles. The monoisotopic (exact) mass is 325 g/mol. The van der Waals surface area contributed by atoms with Gasteiger partial charge < -0.3 is 10.1 Å². The largest absolute Gasteiger partial charge is 0.383 e. The van der Waals surface area contributed by atoms with E-state index in [1.165, 1.54) is 0 Å². The molecule has 0 aromatic carbocycles. The molecule has 1 fully saturated rings. The molecular formula is C16H24ClN3O2. The van der Waals surface area contributed by atoms with Crippen LogP contribution in [0.4, 0.5) is 0 Å². The molecule has 1 amide bonds. The van der Waals surface area contributed by atoms with E-state index in [1.807, 2.05) is 19.2 Å². The van der Waals surface area contributed by atoms with Gasteiger partial charge in [-0.3, -0.25) is 14.7 Å². The molecule has 0 aliphatic carbocycles. The summed E-state index contributed by atoms with van der Waals surface area (Å²) in [5.41, 5.74) is 1.04. The Morgan fingerprint density at radius 3 is 2.91 bits per heavy atom. The first-order valence-corrected chi connectivity index (χ1v) is 8.08. The molecule has 0 radical (unpaired) electrons. The van der Waals surface area contributed by atoms with Gasteiger partial charge >= 0.3 is 0 Å². The van der Waals surface area contributed by atoms with Crippen molar-refractivity contribution in [1.82, 2.24) is 15.2 Å². The van der Waals surface area contributed by atoms with Gasteiger partial charge in [-0.1, -0.05) is 11.6 Å². The van der Waals surface area contributed by atoms with Gasteiger partial charge in [-0.25, -0.2) is 0 Å². The number of hydrogen-bond donors (Lipinski definition) is 1. The molecule has 122 valence electrons. The maximum Gasteiger partial charge on any atom is 0.223 e. The number of carbonyl (C=O) groups excluding carboxylic acids is 1. The van der Waals surface area contributed by atoms with Crippen molar-refractivity contribution in [1.29, 1.82) is 0 Å². The molecule has 0 saturated carbocycles. The minimum absolute atomic E-state index is 0.0599. The van der Waals surface area contributed by atoms with Crippen molar-refractivity contribution in [2.45, 2.75) is 32.4 Å². The van der Waals surface area contributed by atoms with Crippen molar-refractivity contribution in [3.63, 3.8) is 0 Å². The number of nitrogens with zero attached hydrogens (tertiary/aromatic N) is 2. The molecule has 1 aromatic rings. The van der Waals surface area contributed by atoms with E-state index in [0.29, 0.717) is 6.61 Å². The van der Waals surface area contributed by atoms with E-state index in [-0.39, 0.29) is 17.9 Å². The third kappa shape index (κ3) is 4.93. The molecule has 2 rings (SSSR count). The minimum Gasteiger partial charge on any atom is -0.383 e. The van der Waals surface area contributed by atoms with Crippen molar-refractivity contribution < 1.29 is 9.53 Å². The molecule has 0 bridgehead atoms. The molecule has 1 atom stereocenters. The maximum atomic E-state index is 12.2. The third-order valence-electron chi connectivity index (χ3n) is 4.00. The SMILES string of the molecule is COC[C@@H](C)NC(=O)C1CCN(Cc2cnccc2Cl)CC1. The highest BCUT2D eigenvalue weighted by Gasteiger charge is 2.25. The summed E-state index contributed by atoms with van der Waals surface area (Å²) in [4.78, 5) is 18.6.